The average molecular weight is 284 g/mol. The van der Waals surface area contributed by atoms with E-state index >= 15 is 0 Å². The van der Waals surface area contributed by atoms with E-state index in [1.54, 1.807) is 29.2 Å². The molecule has 0 saturated heterocycles. The summed E-state index contributed by atoms with van der Waals surface area (Å²) in [5.74, 6) is -0.278. The third-order valence-corrected chi connectivity index (χ3v) is 2.78. The molecule has 2 rings (SSSR count). The first-order valence-corrected chi connectivity index (χ1v) is 5.68. The van der Waals surface area contributed by atoms with Gasteiger partial charge in [-0.3, -0.25) is 0 Å². The minimum Gasteiger partial charge on any atom is -0.330 e. The zero-order chi connectivity index (χ0) is 11.5. The predicted molar refractivity (Wildman–Crippen MR) is 64.0 cm³/mol. The lowest BCUT2D eigenvalue weighted by atomic mass is 10.2. The summed E-state index contributed by atoms with van der Waals surface area (Å²) in [5, 5.41) is 0. The summed E-state index contributed by atoms with van der Waals surface area (Å²) in [5.41, 5.74) is 6.87. The van der Waals surface area contributed by atoms with Crippen molar-refractivity contribution < 1.29 is 4.39 Å². The van der Waals surface area contributed by atoms with Crippen LogP contribution in [0.25, 0.3) is 5.69 Å². The Morgan fingerprint density at radius 1 is 1.44 bits per heavy atom. The van der Waals surface area contributed by atoms with Crippen LogP contribution in [-0.2, 0) is 6.42 Å². The van der Waals surface area contributed by atoms with Crippen molar-refractivity contribution in [3.63, 3.8) is 0 Å². The van der Waals surface area contributed by atoms with Crippen LogP contribution in [0.3, 0.4) is 0 Å². The van der Waals surface area contributed by atoms with E-state index in [1.165, 1.54) is 6.07 Å². The normalized spacial score (nSPS) is 10.7. The van der Waals surface area contributed by atoms with E-state index in [0.29, 0.717) is 18.7 Å². The van der Waals surface area contributed by atoms with Crippen LogP contribution in [0.2, 0.25) is 0 Å². The molecule has 0 spiro atoms. The van der Waals surface area contributed by atoms with Gasteiger partial charge >= 0.3 is 0 Å². The Balaban J connectivity index is 2.49. The van der Waals surface area contributed by atoms with Gasteiger partial charge in [0.15, 0.2) is 0 Å². The van der Waals surface area contributed by atoms with Crippen molar-refractivity contribution in [3.8, 4) is 5.69 Å². The molecule has 0 bridgehead atoms. The summed E-state index contributed by atoms with van der Waals surface area (Å²) in [4.78, 5) is 4.01. The smallest absolute Gasteiger partial charge is 0.147 e. The van der Waals surface area contributed by atoms with Gasteiger partial charge in [-0.2, -0.15) is 0 Å². The van der Waals surface area contributed by atoms with Crippen molar-refractivity contribution in [1.82, 2.24) is 9.55 Å². The van der Waals surface area contributed by atoms with Gasteiger partial charge in [0.05, 0.1) is 12.0 Å². The molecule has 5 heteroatoms. The molecule has 0 radical (unpaired) electrons. The molecule has 0 fully saturated rings. The minimum atomic E-state index is -0.278. The Labute approximate surface area is 101 Å². The lowest BCUT2D eigenvalue weighted by molar-refractivity contribution is 0.615. The van der Waals surface area contributed by atoms with E-state index < -0.39 is 0 Å². The van der Waals surface area contributed by atoms with Gasteiger partial charge in [-0.1, -0.05) is 15.9 Å². The average Bonchev–Trinajstić information content (AvgIpc) is 2.70. The SMILES string of the molecule is NCCc1cncn1-c1cc(Br)ccc1F. The Morgan fingerprint density at radius 2 is 2.25 bits per heavy atom. The van der Waals surface area contributed by atoms with Gasteiger partial charge in [-0.25, -0.2) is 9.37 Å². The molecule has 0 unspecified atom stereocenters. The van der Waals surface area contributed by atoms with Gasteiger partial charge in [-0.15, -0.1) is 0 Å². The molecule has 16 heavy (non-hydrogen) atoms. The van der Waals surface area contributed by atoms with E-state index in [2.05, 4.69) is 20.9 Å². The third kappa shape index (κ3) is 2.15. The van der Waals surface area contributed by atoms with Gasteiger partial charge < -0.3 is 10.3 Å². The second kappa shape index (κ2) is 4.76. The number of hydrogen-bond donors (Lipinski definition) is 1. The van der Waals surface area contributed by atoms with Crippen LogP contribution >= 0.6 is 15.9 Å². The van der Waals surface area contributed by atoms with E-state index in [0.717, 1.165) is 10.2 Å². The number of hydrogen-bond acceptors (Lipinski definition) is 2. The summed E-state index contributed by atoms with van der Waals surface area (Å²) in [6.07, 6.45) is 3.97. The monoisotopic (exact) mass is 283 g/mol. The van der Waals surface area contributed by atoms with Crippen LogP contribution in [-0.4, -0.2) is 16.1 Å². The van der Waals surface area contributed by atoms with Gasteiger partial charge in [0, 0.05) is 22.8 Å². The van der Waals surface area contributed by atoms with Crippen molar-refractivity contribution in [1.29, 1.82) is 0 Å². The maximum Gasteiger partial charge on any atom is 0.147 e. The molecule has 0 saturated carbocycles. The van der Waals surface area contributed by atoms with Crippen LogP contribution < -0.4 is 5.73 Å². The quantitative estimate of drug-likeness (QED) is 0.939. The zero-order valence-corrected chi connectivity index (χ0v) is 10.1. The first-order chi connectivity index (χ1) is 7.72. The molecule has 3 nitrogen and oxygen atoms in total. The molecule has 0 aliphatic rings. The molecule has 1 heterocycles. The van der Waals surface area contributed by atoms with E-state index in [1.807, 2.05) is 0 Å². The molecule has 2 N–H and O–H groups in total. The van der Waals surface area contributed by atoms with Crippen LogP contribution in [0, 0.1) is 5.82 Å². The number of rotatable bonds is 3. The van der Waals surface area contributed by atoms with Crippen LogP contribution in [0.5, 0.6) is 0 Å². The highest BCUT2D eigenvalue weighted by Gasteiger charge is 2.08. The fourth-order valence-corrected chi connectivity index (χ4v) is 1.89. The van der Waals surface area contributed by atoms with Gasteiger partial charge in [0.1, 0.15) is 5.82 Å². The summed E-state index contributed by atoms with van der Waals surface area (Å²) in [6.45, 7) is 0.515. The summed E-state index contributed by atoms with van der Waals surface area (Å²) in [6, 6.07) is 4.81. The number of imidazole rings is 1. The largest absolute Gasteiger partial charge is 0.330 e. The lowest BCUT2D eigenvalue weighted by Crippen LogP contribution is -2.08. The number of aromatic nitrogens is 2. The molecule has 1 aromatic heterocycles. The Hall–Kier alpha value is -1.20. The van der Waals surface area contributed by atoms with Gasteiger partial charge in [0.25, 0.3) is 0 Å². The van der Waals surface area contributed by atoms with Crippen LogP contribution in [0.1, 0.15) is 5.69 Å². The first kappa shape index (κ1) is 11.3. The van der Waals surface area contributed by atoms with Gasteiger partial charge in [-0.05, 0) is 24.7 Å². The van der Waals surface area contributed by atoms with Crippen molar-refractivity contribution >= 4 is 15.9 Å². The Kier molecular flexibility index (Phi) is 3.36. The second-order valence-corrected chi connectivity index (χ2v) is 4.31. The summed E-state index contributed by atoms with van der Waals surface area (Å²) in [7, 11) is 0. The highest BCUT2D eigenvalue weighted by Crippen LogP contribution is 2.20. The van der Waals surface area contributed by atoms with Crippen LogP contribution in [0.15, 0.2) is 35.2 Å². The molecule has 1 aromatic carbocycles. The number of halogens is 2. The standard InChI is InChI=1S/C11H11BrFN3/c12-8-1-2-10(13)11(5-8)16-7-15-6-9(16)3-4-14/h1-2,5-7H,3-4,14H2. The molecule has 0 amide bonds. The van der Waals surface area contributed by atoms with Crippen molar-refractivity contribution in [3.05, 3.63) is 46.7 Å². The lowest BCUT2D eigenvalue weighted by Gasteiger charge is -2.08. The van der Waals surface area contributed by atoms with Crippen molar-refractivity contribution in [2.24, 2.45) is 5.73 Å². The van der Waals surface area contributed by atoms with E-state index in [-0.39, 0.29) is 5.82 Å². The van der Waals surface area contributed by atoms with Crippen LogP contribution in [0.4, 0.5) is 4.39 Å². The molecular weight excluding hydrogens is 273 g/mol. The highest BCUT2D eigenvalue weighted by molar-refractivity contribution is 9.10. The van der Waals surface area contributed by atoms with Crippen molar-refractivity contribution in [2.75, 3.05) is 6.54 Å². The molecule has 0 atom stereocenters. The zero-order valence-electron chi connectivity index (χ0n) is 8.53. The number of nitrogens with zero attached hydrogens (tertiary/aromatic N) is 2. The highest BCUT2D eigenvalue weighted by atomic mass is 79.9. The van der Waals surface area contributed by atoms with E-state index in [9.17, 15) is 4.39 Å². The minimum absolute atomic E-state index is 0.278. The van der Waals surface area contributed by atoms with Gasteiger partial charge in [0.2, 0.25) is 0 Å². The van der Waals surface area contributed by atoms with Crippen molar-refractivity contribution in [2.45, 2.75) is 6.42 Å². The maximum atomic E-state index is 13.7. The third-order valence-electron chi connectivity index (χ3n) is 2.28. The number of benzene rings is 1. The molecular formula is C11H11BrFN3. The molecule has 0 aliphatic carbocycles. The maximum absolute atomic E-state index is 13.7. The fraction of sp³-hybridized carbons (Fsp3) is 0.182. The first-order valence-electron chi connectivity index (χ1n) is 4.89. The Bertz CT molecular complexity index is 496. The Morgan fingerprint density at radius 3 is 3.00 bits per heavy atom. The summed E-state index contributed by atoms with van der Waals surface area (Å²) < 4.78 is 16.2. The second-order valence-electron chi connectivity index (χ2n) is 3.39. The molecule has 84 valence electrons. The topological polar surface area (TPSA) is 43.8 Å². The van der Waals surface area contributed by atoms with E-state index in [4.69, 9.17) is 5.73 Å². The molecule has 0 aliphatic heterocycles. The molecule has 2 aromatic rings. The number of nitrogens with two attached hydrogens (primary N) is 1. The summed E-state index contributed by atoms with van der Waals surface area (Å²) >= 11 is 3.32. The fourth-order valence-electron chi connectivity index (χ4n) is 1.54. The predicted octanol–water partition coefficient (Wildman–Crippen LogP) is 2.28.